The van der Waals surface area contributed by atoms with Gasteiger partial charge in [-0.1, -0.05) is 25.1 Å². The number of fused-ring (bicyclic) bond motifs is 1. The van der Waals surface area contributed by atoms with Gasteiger partial charge in [0.2, 0.25) is 0 Å². The van der Waals surface area contributed by atoms with E-state index in [4.69, 9.17) is 0 Å². The molecule has 2 heterocycles. The Labute approximate surface area is 131 Å². The molecule has 0 radical (unpaired) electrons. The van der Waals surface area contributed by atoms with Crippen molar-refractivity contribution in [3.63, 3.8) is 0 Å². The summed E-state index contributed by atoms with van der Waals surface area (Å²) in [6.45, 7) is 6.64. The summed E-state index contributed by atoms with van der Waals surface area (Å²) in [5.41, 5.74) is 2.93. The quantitative estimate of drug-likeness (QED) is 0.849. The number of benzene rings is 1. The van der Waals surface area contributed by atoms with Crippen molar-refractivity contribution in [2.24, 2.45) is 0 Å². The van der Waals surface area contributed by atoms with Crippen LogP contribution in [0.15, 0.2) is 47.5 Å². The molecule has 2 unspecified atom stereocenters. The van der Waals surface area contributed by atoms with Crippen LogP contribution in [0.1, 0.15) is 43.5 Å². The summed E-state index contributed by atoms with van der Waals surface area (Å²) in [6.07, 6.45) is 3.41. The third kappa shape index (κ3) is 3.19. The Morgan fingerprint density at radius 3 is 3.00 bits per heavy atom. The molecule has 2 atom stereocenters. The van der Waals surface area contributed by atoms with Gasteiger partial charge in [0, 0.05) is 41.0 Å². The Morgan fingerprint density at radius 2 is 2.14 bits per heavy atom. The standard InChI is InChI=1S/C18H24N2S/c1-3-10-19-14(2)17-8-6-11-20(17)12-15-13-21-18-9-5-4-7-16(15)18/h4-9,11,14-15,19H,3,10,12-13H2,1-2H3. The van der Waals surface area contributed by atoms with Gasteiger partial charge in [-0.15, -0.1) is 11.8 Å². The molecule has 3 heteroatoms. The van der Waals surface area contributed by atoms with Crippen LogP contribution < -0.4 is 5.32 Å². The van der Waals surface area contributed by atoms with Crippen molar-refractivity contribution < 1.29 is 0 Å². The van der Waals surface area contributed by atoms with Crippen molar-refractivity contribution in [1.29, 1.82) is 0 Å². The number of hydrogen-bond acceptors (Lipinski definition) is 2. The van der Waals surface area contributed by atoms with Crippen LogP contribution in [-0.2, 0) is 6.54 Å². The van der Waals surface area contributed by atoms with Gasteiger partial charge in [0.15, 0.2) is 0 Å². The van der Waals surface area contributed by atoms with Gasteiger partial charge in [-0.05, 0) is 43.7 Å². The molecule has 1 aliphatic rings. The lowest BCUT2D eigenvalue weighted by Crippen LogP contribution is -2.22. The highest BCUT2D eigenvalue weighted by Gasteiger charge is 2.23. The van der Waals surface area contributed by atoms with Gasteiger partial charge in [-0.25, -0.2) is 0 Å². The molecular formula is C18H24N2S. The predicted molar refractivity (Wildman–Crippen MR) is 91.0 cm³/mol. The van der Waals surface area contributed by atoms with Gasteiger partial charge < -0.3 is 9.88 Å². The van der Waals surface area contributed by atoms with Crippen LogP contribution in [0.5, 0.6) is 0 Å². The van der Waals surface area contributed by atoms with Crippen LogP contribution in [0.3, 0.4) is 0 Å². The second-order valence-electron chi connectivity index (χ2n) is 5.81. The Kier molecular flexibility index (Phi) is 4.71. The molecule has 0 aliphatic carbocycles. The summed E-state index contributed by atoms with van der Waals surface area (Å²) in [5, 5.41) is 3.59. The highest BCUT2D eigenvalue weighted by molar-refractivity contribution is 7.99. The minimum atomic E-state index is 0.421. The Hall–Kier alpha value is -1.19. The maximum Gasteiger partial charge on any atom is 0.0446 e. The van der Waals surface area contributed by atoms with Crippen molar-refractivity contribution in [3.05, 3.63) is 53.9 Å². The fourth-order valence-electron chi connectivity index (χ4n) is 3.07. The summed E-state index contributed by atoms with van der Waals surface area (Å²) in [7, 11) is 0. The summed E-state index contributed by atoms with van der Waals surface area (Å²) in [5.74, 6) is 1.84. The maximum atomic E-state index is 3.59. The highest BCUT2D eigenvalue weighted by atomic mass is 32.2. The van der Waals surface area contributed by atoms with Crippen LogP contribution in [0.2, 0.25) is 0 Å². The first kappa shape index (κ1) is 14.7. The number of aromatic nitrogens is 1. The van der Waals surface area contributed by atoms with Crippen LogP contribution >= 0.6 is 11.8 Å². The van der Waals surface area contributed by atoms with Crippen LogP contribution in [0, 0.1) is 0 Å². The van der Waals surface area contributed by atoms with E-state index in [9.17, 15) is 0 Å². The van der Waals surface area contributed by atoms with Crippen molar-refractivity contribution >= 4 is 11.8 Å². The number of thioether (sulfide) groups is 1. The minimum absolute atomic E-state index is 0.421. The van der Waals surface area contributed by atoms with E-state index in [1.165, 1.54) is 28.3 Å². The second-order valence-corrected chi connectivity index (χ2v) is 6.87. The van der Waals surface area contributed by atoms with Crippen molar-refractivity contribution in [3.8, 4) is 0 Å². The average Bonchev–Trinajstić information content (AvgIpc) is 3.13. The molecular weight excluding hydrogens is 276 g/mol. The van der Waals surface area contributed by atoms with E-state index >= 15 is 0 Å². The monoisotopic (exact) mass is 300 g/mol. The fraction of sp³-hybridized carbons (Fsp3) is 0.444. The SMILES string of the molecule is CCCNC(C)c1cccn1CC1CSc2ccccc21. The molecule has 3 rings (SSSR count). The average molecular weight is 300 g/mol. The molecule has 0 amide bonds. The first-order valence-corrected chi connectivity index (χ1v) is 8.88. The molecule has 0 spiro atoms. The molecule has 112 valence electrons. The number of hydrogen-bond donors (Lipinski definition) is 1. The molecule has 2 nitrogen and oxygen atoms in total. The van der Waals surface area contributed by atoms with E-state index < -0.39 is 0 Å². The molecule has 1 aromatic heterocycles. The summed E-state index contributed by atoms with van der Waals surface area (Å²) < 4.78 is 2.43. The van der Waals surface area contributed by atoms with Crippen LogP contribution in [0.4, 0.5) is 0 Å². The largest absolute Gasteiger partial charge is 0.349 e. The molecule has 0 saturated heterocycles. The van der Waals surface area contributed by atoms with E-state index in [1.807, 2.05) is 11.8 Å². The third-order valence-corrected chi connectivity index (χ3v) is 5.48. The third-order valence-electron chi connectivity index (χ3n) is 4.22. The lowest BCUT2D eigenvalue weighted by Gasteiger charge is -2.19. The van der Waals surface area contributed by atoms with E-state index in [-0.39, 0.29) is 0 Å². The van der Waals surface area contributed by atoms with E-state index in [0.717, 1.165) is 13.1 Å². The Balaban J connectivity index is 1.73. The summed E-state index contributed by atoms with van der Waals surface area (Å²) >= 11 is 2.00. The van der Waals surface area contributed by atoms with Gasteiger partial charge in [-0.3, -0.25) is 0 Å². The van der Waals surface area contributed by atoms with Gasteiger partial charge >= 0.3 is 0 Å². The van der Waals surface area contributed by atoms with E-state index in [1.54, 1.807) is 0 Å². The lowest BCUT2D eigenvalue weighted by molar-refractivity contribution is 0.507. The van der Waals surface area contributed by atoms with Gasteiger partial charge in [0.1, 0.15) is 0 Å². The molecule has 2 aromatic rings. The van der Waals surface area contributed by atoms with Crippen molar-refractivity contribution in [2.75, 3.05) is 12.3 Å². The second kappa shape index (κ2) is 6.71. The molecule has 0 fully saturated rings. The van der Waals surface area contributed by atoms with Gasteiger partial charge in [0.05, 0.1) is 0 Å². The van der Waals surface area contributed by atoms with Crippen LogP contribution in [0.25, 0.3) is 0 Å². The predicted octanol–water partition coefficient (Wildman–Crippen LogP) is 4.44. The number of nitrogens with zero attached hydrogens (tertiary/aromatic N) is 1. The molecule has 1 N–H and O–H groups in total. The molecule has 1 aromatic carbocycles. The smallest absolute Gasteiger partial charge is 0.0446 e. The summed E-state index contributed by atoms with van der Waals surface area (Å²) in [6, 6.07) is 13.7. The number of rotatable bonds is 6. The molecule has 1 aliphatic heterocycles. The molecule has 21 heavy (non-hydrogen) atoms. The zero-order valence-corrected chi connectivity index (χ0v) is 13.7. The van der Waals surface area contributed by atoms with Gasteiger partial charge in [-0.2, -0.15) is 0 Å². The normalized spacial score (nSPS) is 18.7. The molecule has 0 bridgehead atoms. The summed E-state index contributed by atoms with van der Waals surface area (Å²) in [4.78, 5) is 1.47. The highest BCUT2D eigenvalue weighted by Crippen LogP contribution is 2.40. The topological polar surface area (TPSA) is 17.0 Å². The zero-order chi connectivity index (χ0) is 14.7. The fourth-order valence-corrected chi connectivity index (χ4v) is 4.31. The first-order valence-electron chi connectivity index (χ1n) is 7.89. The van der Waals surface area contributed by atoms with Gasteiger partial charge in [0.25, 0.3) is 0 Å². The van der Waals surface area contributed by atoms with E-state index in [0.29, 0.717) is 12.0 Å². The Morgan fingerprint density at radius 1 is 1.29 bits per heavy atom. The molecule has 0 saturated carbocycles. The first-order chi connectivity index (χ1) is 10.3. The minimum Gasteiger partial charge on any atom is -0.349 e. The van der Waals surface area contributed by atoms with Crippen LogP contribution in [-0.4, -0.2) is 16.9 Å². The lowest BCUT2D eigenvalue weighted by atomic mass is 10.0. The van der Waals surface area contributed by atoms with Crippen molar-refractivity contribution in [2.45, 2.75) is 43.7 Å². The van der Waals surface area contributed by atoms with Crippen molar-refractivity contribution in [1.82, 2.24) is 9.88 Å². The Bertz CT molecular complexity index is 590. The van der Waals surface area contributed by atoms with E-state index in [2.05, 4.69) is 66.3 Å². The maximum absolute atomic E-state index is 3.59. The number of nitrogens with one attached hydrogen (secondary N) is 1. The zero-order valence-electron chi connectivity index (χ0n) is 12.9.